The normalized spacial score (nSPS) is 19.8. The van der Waals surface area contributed by atoms with Crippen LogP contribution in [0.15, 0.2) is 36.5 Å². The van der Waals surface area contributed by atoms with Crippen molar-refractivity contribution in [1.29, 1.82) is 0 Å². The van der Waals surface area contributed by atoms with Crippen LogP contribution in [0.3, 0.4) is 0 Å². The van der Waals surface area contributed by atoms with E-state index in [-0.39, 0.29) is 92.5 Å². The number of carbonyl (C=O) groups excluding carboxylic acids is 5. The summed E-state index contributed by atoms with van der Waals surface area (Å²) in [7, 11) is 2.04. The van der Waals surface area contributed by atoms with Gasteiger partial charge in [0.2, 0.25) is 0 Å². The second-order valence-corrected chi connectivity index (χ2v) is 21.2. The quantitative estimate of drug-likeness (QED) is 0.0250. The lowest BCUT2D eigenvalue weighted by Crippen LogP contribution is -2.36. The summed E-state index contributed by atoms with van der Waals surface area (Å²) in [4.78, 5) is 67.1. The average Bonchev–Trinajstić information content (AvgIpc) is 3.90. The molecule has 0 amide bonds. The fourth-order valence-corrected chi connectivity index (χ4v) is 9.88. The zero-order valence-corrected chi connectivity index (χ0v) is 46.0. The molecular formula is C60H103NO10. The lowest BCUT2D eigenvalue weighted by molar-refractivity contribution is -0.162. The van der Waals surface area contributed by atoms with Crippen LogP contribution in [0, 0.1) is 23.2 Å². The summed E-state index contributed by atoms with van der Waals surface area (Å²) in [6, 6.07) is 0. The van der Waals surface area contributed by atoms with Gasteiger partial charge in [-0.25, -0.2) is 0 Å². The van der Waals surface area contributed by atoms with Crippen LogP contribution < -0.4 is 0 Å². The number of nitrogens with zero attached hydrogens (tertiary/aromatic N) is 1. The van der Waals surface area contributed by atoms with E-state index in [0.29, 0.717) is 51.5 Å². The number of esters is 5. The third-order valence-corrected chi connectivity index (χ3v) is 14.5. The zero-order valence-electron chi connectivity index (χ0n) is 46.0. The summed E-state index contributed by atoms with van der Waals surface area (Å²) in [6.45, 7) is 12.7. The van der Waals surface area contributed by atoms with Crippen LogP contribution in [0.1, 0.15) is 240 Å². The molecular weight excluding hydrogens is 895 g/mol. The highest BCUT2D eigenvalue weighted by Gasteiger charge is 2.45. The number of allylic oxidation sites excluding steroid dienone is 6. The average molecular weight is 998 g/mol. The lowest BCUT2D eigenvalue weighted by atomic mass is 9.87. The molecule has 1 aliphatic carbocycles. The first-order chi connectivity index (χ1) is 34.4. The molecule has 0 aromatic carbocycles. The van der Waals surface area contributed by atoms with E-state index in [4.69, 9.17) is 23.7 Å². The molecule has 0 aromatic rings. The fraction of sp³-hybridized carbons (Fsp3) is 0.817. The molecule has 0 aromatic heterocycles. The van der Waals surface area contributed by atoms with Crippen molar-refractivity contribution in [1.82, 2.24) is 4.90 Å². The van der Waals surface area contributed by atoms with Crippen LogP contribution in [0.5, 0.6) is 0 Å². The van der Waals surface area contributed by atoms with E-state index < -0.39 is 5.41 Å². The minimum atomic E-state index is -0.503. The van der Waals surface area contributed by atoms with Gasteiger partial charge in [0.05, 0.1) is 25.2 Å². The molecule has 1 saturated carbocycles. The van der Waals surface area contributed by atoms with Gasteiger partial charge in [-0.3, -0.25) is 24.0 Å². The van der Waals surface area contributed by atoms with Gasteiger partial charge in [0, 0.05) is 50.5 Å². The van der Waals surface area contributed by atoms with E-state index in [1.54, 1.807) is 0 Å². The van der Waals surface area contributed by atoms with E-state index in [1.807, 2.05) is 14.0 Å². The Morgan fingerprint density at radius 3 is 1.80 bits per heavy atom. The monoisotopic (exact) mass is 998 g/mol. The standard InChI is InChI=1S/C60H103NO10/c1-7-11-15-16-17-18-19-20-21-22-23-24-25-26-27-31-35-52(70-57(64)39-33-32-34-50(47-68-55(62)37-29-13-9-3)48-69-56(63)38-30-14-10-4)42-45-67-58(65)46-51-40-41-54(53(51)36-28-12-8-2)71-59(66)60(5)43-44-61(6)49-60/h12,17-18,20-21,28,50-54H,7-11,13-16,19,22-27,29-49H2,1-6H3/b18-17-,21-20-,28-12-. The topological polar surface area (TPSA) is 135 Å². The SMILES string of the molecule is CC/C=C\CC1C(CC(=O)OCCC(CCCCCCCC/C=C\C/C=C\CCCCC)OC(=O)CCCCC(COC(=O)CCCCC)COC(=O)CCCCC)CCC1OC(=O)C1(C)CCN(C)C1. The molecule has 11 heteroatoms. The van der Waals surface area contributed by atoms with E-state index in [2.05, 4.69) is 69.1 Å². The minimum Gasteiger partial charge on any atom is -0.466 e. The molecule has 0 N–H and O–H groups in total. The molecule has 0 spiro atoms. The number of likely N-dealkylation sites (tertiary alicyclic amines) is 1. The first kappa shape index (κ1) is 63.6. The summed E-state index contributed by atoms with van der Waals surface area (Å²) >= 11 is 0. The maximum Gasteiger partial charge on any atom is 0.313 e. The number of hydrogen-bond acceptors (Lipinski definition) is 11. The number of ether oxygens (including phenoxy) is 5. The summed E-state index contributed by atoms with van der Waals surface area (Å²) in [5.74, 6) is -1.14. The van der Waals surface area contributed by atoms with Crippen LogP contribution in [0.2, 0.25) is 0 Å². The highest BCUT2D eigenvalue weighted by molar-refractivity contribution is 5.77. The van der Waals surface area contributed by atoms with E-state index in [9.17, 15) is 24.0 Å². The second-order valence-electron chi connectivity index (χ2n) is 21.2. The predicted octanol–water partition coefficient (Wildman–Crippen LogP) is 14.5. The van der Waals surface area contributed by atoms with Gasteiger partial charge in [0.1, 0.15) is 12.2 Å². The van der Waals surface area contributed by atoms with Crippen molar-refractivity contribution in [3.63, 3.8) is 0 Å². The van der Waals surface area contributed by atoms with Gasteiger partial charge in [-0.1, -0.05) is 135 Å². The van der Waals surface area contributed by atoms with Crippen molar-refractivity contribution in [3.05, 3.63) is 36.5 Å². The first-order valence-corrected chi connectivity index (χ1v) is 28.9. The van der Waals surface area contributed by atoms with Crippen LogP contribution in [-0.4, -0.2) is 86.9 Å². The Bertz CT molecular complexity index is 1500. The lowest BCUT2D eigenvalue weighted by Gasteiger charge is -2.28. The maximum absolute atomic E-state index is 13.4. The third-order valence-electron chi connectivity index (χ3n) is 14.5. The van der Waals surface area contributed by atoms with Crippen molar-refractivity contribution in [2.45, 2.75) is 252 Å². The number of rotatable bonds is 43. The van der Waals surface area contributed by atoms with Crippen molar-refractivity contribution in [3.8, 4) is 0 Å². The van der Waals surface area contributed by atoms with E-state index >= 15 is 0 Å². The molecule has 408 valence electrons. The largest absolute Gasteiger partial charge is 0.466 e. The Kier molecular flexibility index (Phi) is 36.7. The van der Waals surface area contributed by atoms with Crippen molar-refractivity contribution >= 4 is 29.8 Å². The molecule has 1 heterocycles. The van der Waals surface area contributed by atoms with Crippen LogP contribution in [0.4, 0.5) is 0 Å². The van der Waals surface area contributed by atoms with Gasteiger partial charge in [0.25, 0.3) is 0 Å². The molecule has 71 heavy (non-hydrogen) atoms. The zero-order chi connectivity index (χ0) is 51.8. The smallest absolute Gasteiger partial charge is 0.313 e. The molecule has 0 bridgehead atoms. The summed E-state index contributed by atoms with van der Waals surface area (Å²) in [6.07, 6.45) is 40.7. The van der Waals surface area contributed by atoms with Gasteiger partial charge in [0.15, 0.2) is 0 Å². The van der Waals surface area contributed by atoms with Crippen molar-refractivity contribution in [2.24, 2.45) is 23.2 Å². The molecule has 11 nitrogen and oxygen atoms in total. The predicted molar refractivity (Wildman–Crippen MR) is 287 cm³/mol. The van der Waals surface area contributed by atoms with Crippen molar-refractivity contribution in [2.75, 3.05) is 40.0 Å². The number of unbranched alkanes of at least 4 members (excludes halogenated alkanes) is 14. The Morgan fingerprint density at radius 1 is 0.606 bits per heavy atom. The van der Waals surface area contributed by atoms with Crippen molar-refractivity contribution < 1.29 is 47.7 Å². The molecule has 2 aliphatic rings. The molecule has 5 atom stereocenters. The Labute approximate surface area is 432 Å². The maximum atomic E-state index is 13.4. The van der Waals surface area contributed by atoms with E-state index in [1.165, 1.54) is 44.9 Å². The summed E-state index contributed by atoms with van der Waals surface area (Å²) < 4.78 is 29.4. The molecule has 1 saturated heterocycles. The Hall–Kier alpha value is -3.47. The van der Waals surface area contributed by atoms with Gasteiger partial charge >= 0.3 is 29.8 Å². The van der Waals surface area contributed by atoms with Crippen LogP contribution in [-0.2, 0) is 47.7 Å². The molecule has 0 radical (unpaired) electrons. The fourth-order valence-electron chi connectivity index (χ4n) is 9.88. The Morgan fingerprint density at radius 2 is 1.18 bits per heavy atom. The summed E-state index contributed by atoms with van der Waals surface area (Å²) in [5, 5.41) is 0. The molecule has 2 rings (SSSR count). The summed E-state index contributed by atoms with van der Waals surface area (Å²) in [5.41, 5.74) is -0.503. The van der Waals surface area contributed by atoms with Gasteiger partial charge in [-0.05, 0) is 129 Å². The third kappa shape index (κ3) is 31.0. The van der Waals surface area contributed by atoms with E-state index in [0.717, 1.165) is 109 Å². The highest BCUT2D eigenvalue weighted by atomic mass is 16.6. The first-order valence-electron chi connectivity index (χ1n) is 28.9. The van der Waals surface area contributed by atoms with Gasteiger partial charge < -0.3 is 28.6 Å². The van der Waals surface area contributed by atoms with Gasteiger partial charge in [-0.15, -0.1) is 0 Å². The number of carbonyl (C=O) groups is 5. The second kappa shape index (κ2) is 40.9. The molecule has 2 fully saturated rings. The van der Waals surface area contributed by atoms with Gasteiger partial charge in [-0.2, -0.15) is 0 Å². The van der Waals surface area contributed by atoms with Crippen LogP contribution in [0.25, 0.3) is 0 Å². The molecule has 5 unspecified atom stereocenters. The molecule has 1 aliphatic heterocycles. The van der Waals surface area contributed by atoms with Crippen LogP contribution >= 0.6 is 0 Å². The minimum absolute atomic E-state index is 0.0564. The number of hydrogen-bond donors (Lipinski definition) is 0. The Balaban J connectivity index is 1.93. The highest BCUT2D eigenvalue weighted by Crippen LogP contribution is 2.41.